The van der Waals surface area contributed by atoms with Gasteiger partial charge in [-0.15, -0.1) is 0 Å². The molecule has 0 radical (unpaired) electrons. The van der Waals surface area contributed by atoms with Crippen LogP contribution in [0, 0.1) is 11.7 Å². The van der Waals surface area contributed by atoms with Crippen LogP contribution in [-0.4, -0.2) is 40.6 Å². The molecule has 0 spiro atoms. The third kappa shape index (κ3) is 5.93. The van der Waals surface area contributed by atoms with E-state index in [-0.39, 0.29) is 17.2 Å². The molecule has 2 amide bonds. The van der Waals surface area contributed by atoms with Crippen LogP contribution in [-0.2, 0) is 11.2 Å². The van der Waals surface area contributed by atoms with Crippen molar-refractivity contribution in [3.05, 3.63) is 54.0 Å². The lowest BCUT2D eigenvalue weighted by Crippen LogP contribution is -2.44. The summed E-state index contributed by atoms with van der Waals surface area (Å²) >= 11 is 0. The van der Waals surface area contributed by atoms with E-state index in [4.69, 9.17) is 20.2 Å². The van der Waals surface area contributed by atoms with Gasteiger partial charge in [0.05, 0.1) is 11.2 Å². The van der Waals surface area contributed by atoms with Crippen LogP contribution in [0.3, 0.4) is 0 Å². The zero-order chi connectivity index (χ0) is 26.8. The van der Waals surface area contributed by atoms with Crippen molar-refractivity contribution in [1.82, 2.24) is 9.88 Å². The molecule has 2 aromatic carbocycles. The second-order valence-electron chi connectivity index (χ2n) is 10.3. The van der Waals surface area contributed by atoms with E-state index in [0.29, 0.717) is 34.3 Å². The number of benzene rings is 2. The van der Waals surface area contributed by atoms with Gasteiger partial charge < -0.3 is 20.1 Å². The number of amides is 2. The Morgan fingerprint density at radius 1 is 1.11 bits per heavy atom. The van der Waals surface area contributed by atoms with Crippen LogP contribution < -0.4 is 15.2 Å². The summed E-state index contributed by atoms with van der Waals surface area (Å²) in [6.07, 6.45) is -0.942. The average Bonchev–Trinajstić information content (AvgIpc) is 2.78. The molecule has 1 atom stereocenters. The van der Waals surface area contributed by atoms with Gasteiger partial charge >= 0.3 is 6.09 Å². The Bertz CT molecular complexity index is 1280. The topological polar surface area (TPSA) is 94.8 Å². The lowest BCUT2D eigenvalue weighted by molar-refractivity contribution is -0.123. The smallest absolute Gasteiger partial charge is 0.415 e. The van der Waals surface area contributed by atoms with E-state index in [0.717, 1.165) is 0 Å². The number of hydrogen-bond donors (Lipinski definition) is 1. The van der Waals surface area contributed by atoms with Crippen LogP contribution >= 0.6 is 0 Å². The summed E-state index contributed by atoms with van der Waals surface area (Å²) < 4.78 is 26.9. The number of nitrogens with two attached hydrogens (primary N) is 1. The number of hydrogen-bond acceptors (Lipinski definition) is 5. The first-order valence-corrected chi connectivity index (χ1v) is 11.9. The molecule has 0 saturated carbocycles. The summed E-state index contributed by atoms with van der Waals surface area (Å²) in [6.45, 7) is 11.3. The van der Waals surface area contributed by atoms with Crippen LogP contribution in [0.15, 0.2) is 42.5 Å². The third-order valence-electron chi connectivity index (χ3n) is 5.91. The summed E-state index contributed by atoms with van der Waals surface area (Å²) in [6, 6.07) is 11.4. The van der Waals surface area contributed by atoms with E-state index in [9.17, 15) is 9.59 Å². The number of primary amides is 1. The van der Waals surface area contributed by atoms with Crippen molar-refractivity contribution in [2.75, 3.05) is 7.05 Å². The maximum atomic E-state index is 15.2. The Hall–Kier alpha value is -3.68. The number of aromatic nitrogens is 1. The molecule has 36 heavy (non-hydrogen) atoms. The monoisotopic (exact) mass is 495 g/mol. The summed E-state index contributed by atoms with van der Waals surface area (Å²) in [5.74, 6) is -0.343. The van der Waals surface area contributed by atoms with Crippen LogP contribution in [0.2, 0.25) is 0 Å². The van der Waals surface area contributed by atoms with Gasteiger partial charge in [-0.2, -0.15) is 0 Å². The van der Waals surface area contributed by atoms with Crippen molar-refractivity contribution in [3.8, 4) is 22.6 Å². The Balaban J connectivity index is 2.34. The highest BCUT2D eigenvalue weighted by Crippen LogP contribution is 2.42. The highest BCUT2D eigenvalue weighted by atomic mass is 19.1. The van der Waals surface area contributed by atoms with Gasteiger partial charge in [-0.05, 0) is 64.3 Å². The van der Waals surface area contributed by atoms with E-state index in [1.807, 2.05) is 34.6 Å². The second-order valence-corrected chi connectivity index (χ2v) is 10.3. The van der Waals surface area contributed by atoms with E-state index in [1.54, 1.807) is 50.4 Å². The van der Waals surface area contributed by atoms with Gasteiger partial charge in [0.1, 0.15) is 11.6 Å². The molecule has 0 fully saturated rings. The third-order valence-corrected chi connectivity index (χ3v) is 5.91. The van der Waals surface area contributed by atoms with Crippen molar-refractivity contribution in [2.45, 2.75) is 59.6 Å². The molecule has 0 aliphatic rings. The first kappa shape index (κ1) is 26.9. The Morgan fingerprint density at radius 2 is 1.78 bits per heavy atom. The first-order chi connectivity index (χ1) is 16.8. The summed E-state index contributed by atoms with van der Waals surface area (Å²) in [5, 5.41) is 0.517. The first-order valence-electron chi connectivity index (χ1n) is 11.9. The zero-order valence-corrected chi connectivity index (χ0v) is 21.9. The molecule has 1 aromatic heterocycles. The molecule has 8 heteroatoms. The zero-order valence-electron chi connectivity index (χ0n) is 21.9. The number of nitrogens with zero attached hydrogens (tertiary/aromatic N) is 2. The van der Waals surface area contributed by atoms with Gasteiger partial charge in [0.2, 0.25) is 0 Å². The van der Waals surface area contributed by atoms with Crippen LogP contribution in [0.1, 0.15) is 47.2 Å². The van der Waals surface area contributed by atoms with Crippen molar-refractivity contribution in [1.29, 1.82) is 0 Å². The van der Waals surface area contributed by atoms with E-state index in [2.05, 4.69) is 0 Å². The molecular formula is C28H34FN3O4. The minimum absolute atomic E-state index is 0.195. The van der Waals surface area contributed by atoms with Gasteiger partial charge in [-0.1, -0.05) is 32.0 Å². The number of carbonyl (C=O) groups excluding carboxylic acids is 2. The second kappa shape index (κ2) is 10.5. The maximum absolute atomic E-state index is 15.2. The minimum atomic E-state index is -0.870. The van der Waals surface area contributed by atoms with E-state index >= 15 is 4.39 Å². The number of carbonyl (C=O) groups is 2. The number of fused-ring (bicyclic) bond motifs is 1. The Labute approximate surface area is 211 Å². The molecule has 1 heterocycles. The summed E-state index contributed by atoms with van der Waals surface area (Å²) in [4.78, 5) is 31.0. The summed E-state index contributed by atoms with van der Waals surface area (Å²) in [5.41, 5.74) is 6.63. The number of ether oxygens (including phenoxy) is 2. The van der Waals surface area contributed by atoms with Crippen molar-refractivity contribution >= 4 is 22.9 Å². The fourth-order valence-corrected chi connectivity index (χ4v) is 3.61. The fraction of sp³-hybridized carbons (Fsp3) is 0.393. The number of halogens is 1. The van der Waals surface area contributed by atoms with Gasteiger partial charge in [0.15, 0.2) is 11.9 Å². The maximum Gasteiger partial charge on any atom is 0.415 e. The Kier molecular flexibility index (Phi) is 7.86. The lowest BCUT2D eigenvalue weighted by atomic mass is 9.95. The highest BCUT2D eigenvalue weighted by Gasteiger charge is 2.28. The molecule has 0 saturated heterocycles. The largest absolute Gasteiger partial charge is 0.481 e. The van der Waals surface area contributed by atoms with Crippen LogP contribution in [0.4, 0.5) is 9.18 Å². The van der Waals surface area contributed by atoms with E-state index < -0.39 is 29.5 Å². The predicted molar refractivity (Wildman–Crippen MR) is 139 cm³/mol. The van der Waals surface area contributed by atoms with Gasteiger partial charge in [0, 0.05) is 29.1 Å². The SMILES string of the molecule is CC(C)Cc1nc2ccc(OC(C)C(N)=O)cc2c(-c2ccccc2F)c1OC(=O)N(C)C(C)(C)C. The normalized spacial score (nSPS) is 12.5. The number of rotatable bonds is 7. The quantitative estimate of drug-likeness (QED) is 0.452. The minimum Gasteiger partial charge on any atom is -0.481 e. The summed E-state index contributed by atoms with van der Waals surface area (Å²) in [7, 11) is 1.65. The number of pyridine rings is 1. The van der Waals surface area contributed by atoms with Crippen molar-refractivity contribution in [2.24, 2.45) is 11.7 Å². The lowest BCUT2D eigenvalue weighted by Gasteiger charge is -2.31. The average molecular weight is 496 g/mol. The molecular weight excluding hydrogens is 461 g/mol. The van der Waals surface area contributed by atoms with Gasteiger partial charge in [0.25, 0.3) is 5.91 Å². The molecule has 0 aliphatic carbocycles. The predicted octanol–water partition coefficient (Wildman–Crippen LogP) is 5.72. The molecule has 192 valence electrons. The molecule has 3 aromatic rings. The van der Waals surface area contributed by atoms with Crippen molar-refractivity contribution < 1.29 is 23.5 Å². The molecule has 0 aliphatic heterocycles. The van der Waals surface area contributed by atoms with Gasteiger partial charge in [-0.3, -0.25) is 4.79 Å². The van der Waals surface area contributed by atoms with Crippen LogP contribution in [0.5, 0.6) is 11.5 Å². The van der Waals surface area contributed by atoms with E-state index in [1.165, 1.54) is 11.0 Å². The Morgan fingerprint density at radius 3 is 2.36 bits per heavy atom. The van der Waals surface area contributed by atoms with Gasteiger partial charge in [-0.25, -0.2) is 14.2 Å². The fourth-order valence-electron chi connectivity index (χ4n) is 3.61. The van der Waals surface area contributed by atoms with Crippen LogP contribution in [0.25, 0.3) is 22.0 Å². The molecule has 0 bridgehead atoms. The molecule has 7 nitrogen and oxygen atoms in total. The highest BCUT2D eigenvalue weighted by molar-refractivity contribution is 6.00. The standard InChI is InChI=1S/C28H34FN3O4/c1-16(2)14-23-25(36-27(34)32(7)28(4,5)6)24(19-10-8-9-11-21(19)29)20-15-18(12-13-22(20)31-23)35-17(3)26(30)33/h8-13,15-17H,14H2,1-7H3,(H2,30,33). The molecule has 2 N–H and O–H groups in total. The molecule has 1 unspecified atom stereocenters. The van der Waals surface area contributed by atoms with Crippen molar-refractivity contribution in [3.63, 3.8) is 0 Å². The molecule has 3 rings (SSSR count).